The van der Waals surface area contributed by atoms with E-state index in [1.807, 2.05) is 17.8 Å². The molecule has 0 aliphatic carbocycles. The van der Waals surface area contributed by atoms with E-state index in [1.54, 1.807) is 6.33 Å². The minimum Gasteiger partial charge on any atom is -0.411 e. The maximum atomic E-state index is 6.27. The molecule has 0 N–H and O–H groups in total. The van der Waals surface area contributed by atoms with E-state index in [1.165, 1.54) is 0 Å². The Morgan fingerprint density at radius 2 is 1.95 bits per heavy atom. The van der Waals surface area contributed by atoms with Gasteiger partial charge in [0.05, 0.1) is 17.7 Å². The lowest BCUT2D eigenvalue weighted by molar-refractivity contribution is 0.273. The molecule has 2 heterocycles. The van der Waals surface area contributed by atoms with Gasteiger partial charge in [0.25, 0.3) is 0 Å². The normalized spacial score (nSPS) is 13.2. The highest BCUT2D eigenvalue weighted by molar-refractivity contribution is 9.10. The van der Waals surface area contributed by atoms with Crippen LogP contribution in [0.5, 0.6) is 0 Å². The van der Waals surface area contributed by atoms with Crippen molar-refractivity contribution in [1.82, 2.24) is 14.5 Å². The Morgan fingerprint density at radius 3 is 2.55 bits per heavy atom. The van der Waals surface area contributed by atoms with Gasteiger partial charge < -0.3 is 8.99 Å². The molecule has 6 heteroatoms. The largest absolute Gasteiger partial charge is 0.411 e. The summed E-state index contributed by atoms with van der Waals surface area (Å²) >= 11 is 3.58. The average Bonchev–Trinajstić information content (AvgIpc) is 2.62. The van der Waals surface area contributed by atoms with Crippen molar-refractivity contribution in [2.45, 2.75) is 45.5 Å². The maximum absolute atomic E-state index is 6.27. The zero-order valence-corrected chi connectivity index (χ0v) is 15.6. The molecule has 0 fully saturated rings. The molecule has 0 aliphatic rings. The third-order valence-electron chi connectivity index (χ3n) is 4.16. The highest BCUT2D eigenvalue weighted by Gasteiger charge is 2.37. The molecule has 2 rings (SSSR count). The Labute approximate surface area is 129 Å². The van der Waals surface area contributed by atoms with Crippen LogP contribution in [-0.2, 0) is 18.1 Å². The fourth-order valence-electron chi connectivity index (χ4n) is 1.79. The zero-order valence-electron chi connectivity index (χ0n) is 13.0. The van der Waals surface area contributed by atoms with E-state index in [0.29, 0.717) is 6.61 Å². The molecule has 0 aliphatic heterocycles. The first-order valence-electron chi connectivity index (χ1n) is 6.72. The fraction of sp³-hybridized carbons (Fsp3) is 0.571. The molecule has 0 atom stereocenters. The summed E-state index contributed by atoms with van der Waals surface area (Å²) in [5.74, 6) is 0. The van der Waals surface area contributed by atoms with Crippen LogP contribution in [0, 0.1) is 0 Å². The predicted molar refractivity (Wildman–Crippen MR) is 88.2 cm³/mol. The lowest BCUT2D eigenvalue weighted by atomic mass is 10.2. The Kier molecular flexibility index (Phi) is 4.10. The van der Waals surface area contributed by atoms with Gasteiger partial charge in [-0.15, -0.1) is 0 Å². The molecule has 2 aromatic rings. The van der Waals surface area contributed by atoms with Gasteiger partial charge in [0.2, 0.25) is 0 Å². The van der Waals surface area contributed by atoms with Gasteiger partial charge in [-0.1, -0.05) is 20.8 Å². The van der Waals surface area contributed by atoms with Crippen LogP contribution >= 0.6 is 15.9 Å². The topological polar surface area (TPSA) is 39.9 Å². The Hall–Kier alpha value is -0.723. The molecule has 0 spiro atoms. The first kappa shape index (κ1) is 15.7. The summed E-state index contributed by atoms with van der Waals surface area (Å²) in [7, 11) is 0.217. The van der Waals surface area contributed by atoms with Gasteiger partial charge in [-0.2, -0.15) is 0 Å². The number of hydrogen-bond donors (Lipinski definition) is 0. The molecule has 110 valence electrons. The molecule has 4 nitrogen and oxygen atoms in total. The summed E-state index contributed by atoms with van der Waals surface area (Å²) in [5.41, 5.74) is 1.88. The highest BCUT2D eigenvalue weighted by Crippen LogP contribution is 2.37. The van der Waals surface area contributed by atoms with Crippen molar-refractivity contribution in [2.75, 3.05) is 0 Å². The van der Waals surface area contributed by atoms with Crippen LogP contribution in [0.1, 0.15) is 26.5 Å². The van der Waals surface area contributed by atoms with Crippen LogP contribution in [-0.4, -0.2) is 22.9 Å². The summed E-state index contributed by atoms with van der Waals surface area (Å²) < 4.78 is 9.29. The number of nitrogens with zero attached hydrogens (tertiary/aromatic N) is 3. The van der Waals surface area contributed by atoms with E-state index in [-0.39, 0.29) is 5.04 Å². The first-order valence-corrected chi connectivity index (χ1v) is 10.4. The number of aryl methyl sites for hydroxylation is 1. The van der Waals surface area contributed by atoms with Crippen molar-refractivity contribution in [2.24, 2.45) is 7.05 Å². The van der Waals surface area contributed by atoms with Crippen LogP contribution in [0.15, 0.2) is 17.0 Å². The smallest absolute Gasteiger partial charge is 0.192 e. The van der Waals surface area contributed by atoms with E-state index >= 15 is 0 Å². The highest BCUT2D eigenvalue weighted by atomic mass is 79.9. The van der Waals surface area contributed by atoms with Crippen LogP contribution in [0.25, 0.3) is 11.0 Å². The minimum absolute atomic E-state index is 0.201. The number of rotatable bonds is 3. The van der Waals surface area contributed by atoms with Crippen molar-refractivity contribution in [3.63, 3.8) is 0 Å². The molecule has 0 radical (unpaired) electrons. The van der Waals surface area contributed by atoms with E-state index in [4.69, 9.17) is 4.43 Å². The SMILES string of the molecule is Cn1cc(Br)c2c(CO[Si](C)(C)C(C)(C)C)ncnc21. The number of hydrogen-bond acceptors (Lipinski definition) is 3. The van der Waals surface area contributed by atoms with Crippen LogP contribution in [0.2, 0.25) is 18.1 Å². The number of halogens is 1. The minimum atomic E-state index is -1.77. The van der Waals surface area contributed by atoms with Crippen molar-refractivity contribution in [3.8, 4) is 0 Å². The van der Waals surface area contributed by atoms with Gasteiger partial charge in [0, 0.05) is 17.7 Å². The molecule has 0 amide bonds. The first-order chi connectivity index (χ1) is 9.13. The molecule has 20 heavy (non-hydrogen) atoms. The molecule has 2 aromatic heterocycles. The molecular formula is C14H22BrN3OSi. The molecule has 0 saturated heterocycles. The number of fused-ring (bicyclic) bond motifs is 1. The van der Waals surface area contributed by atoms with Gasteiger partial charge in [0.15, 0.2) is 8.32 Å². The van der Waals surface area contributed by atoms with E-state index in [0.717, 1.165) is 21.2 Å². The van der Waals surface area contributed by atoms with E-state index in [9.17, 15) is 0 Å². The van der Waals surface area contributed by atoms with Crippen LogP contribution in [0.4, 0.5) is 0 Å². The summed E-state index contributed by atoms with van der Waals surface area (Å²) in [6, 6.07) is 0. The molecule has 0 bridgehead atoms. The molecule has 0 unspecified atom stereocenters. The summed E-state index contributed by atoms with van der Waals surface area (Å²) in [4.78, 5) is 8.74. The van der Waals surface area contributed by atoms with E-state index < -0.39 is 8.32 Å². The van der Waals surface area contributed by atoms with Crippen LogP contribution in [0.3, 0.4) is 0 Å². The van der Waals surface area contributed by atoms with Gasteiger partial charge in [0.1, 0.15) is 12.0 Å². The third kappa shape index (κ3) is 2.82. The monoisotopic (exact) mass is 355 g/mol. The fourth-order valence-corrected chi connectivity index (χ4v) is 3.44. The predicted octanol–water partition coefficient (Wildman–Crippen LogP) is 4.25. The molecule has 0 saturated carbocycles. The lowest BCUT2D eigenvalue weighted by Crippen LogP contribution is -2.40. The number of aromatic nitrogens is 3. The van der Waals surface area contributed by atoms with Crippen molar-refractivity contribution in [3.05, 3.63) is 22.7 Å². The third-order valence-corrected chi connectivity index (χ3v) is 9.24. The van der Waals surface area contributed by atoms with Gasteiger partial charge >= 0.3 is 0 Å². The zero-order chi connectivity index (χ0) is 15.1. The Balaban J connectivity index is 2.32. The summed E-state index contributed by atoms with van der Waals surface area (Å²) in [6.07, 6.45) is 3.62. The van der Waals surface area contributed by atoms with Gasteiger partial charge in [-0.05, 0) is 34.1 Å². The molecular weight excluding hydrogens is 334 g/mol. The maximum Gasteiger partial charge on any atom is 0.192 e. The van der Waals surface area contributed by atoms with E-state index in [2.05, 4.69) is 59.8 Å². The quantitative estimate of drug-likeness (QED) is 0.772. The van der Waals surface area contributed by atoms with Crippen molar-refractivity contribution in [1.29, 1.82) is 0 Å². The van der Waals surface area contributed by atoms with Crippen molar-refractivity contribution < 1.29 is 4.43 Å². The second-order valence-electron chi connectivity index (χ2n) is 6.66. The average molecular weight is 356 g/mol. The lowest BCUT2D eigenvalue weighted by Gasteiger charge is -2.36. The van der Waals surface area contributed by atoms with Gasteiger partial charge in [-0.3, -0.25) is 0 Å². The Bertz CT molecular complexity index is 631. The standard InChI is InChI=1S/C14H22BrN3OSi/c1-14(2,3)20(5,6)19-8-11-12-10(15)7-18(4)13(12)17-9-16-11/h7,9H,8H2,1-6H3. The summed E-state index contributed by atoms with van der Waals surface area (Å²) in [6.45, 7) is 11.8. The second-order valence-corrected chi connectivity index (χ2v) is 12.3. The van der Waals surface area contributed by atoms with Crippen LogP contribution < -0.4 is 0 Å². The molecule has 0 aromatic carbocycles. The summed E-state index contributed by atoms with van der Waals surface area (Å²) in [5, 5.41) is 1.25. The van der Waals surface area contributed by atoms with Crippen molar-refractivity contribution >= 4 is 35.3 Å². The Morgan fingerprint density at radius 1 is 1.30 bits per heavy atom. The second kappa shape index (κ2) is 5.24. The van der Waals surface area contributed by atoms with Gasteiger partial charge in [-0.25, -0.2) is 9.97 Å².